The Morgan fingerprint density at radius 3 is 2.41 bits per heavy atom. The topological polar surface area (TPSA) is 62.3 Å². The van der Waals surface area contributed by atoms with Crippen LogP contribution in [0.15, 0.2) is 18.2 Å². The predicted octanol–water partition coefficient (Wildman–Crippen LogP) is 3.02. The van der Waals surface area contributed by atoms with E-state index in [9.17, 15) is 9.59 Å². The van der Waals surface area contributed by atoms with Crippen LogP contribution < -0.4 is 5.32 Å². The fourth-order valence-corrected chi connectivity index (χ4v) is 2.89. The summed E-state index contributed by atoms with van der Waals surface area (Å²) in [6, 6.07) is 5.54. The largest absolute Gasteiger partial charge is 0.344 e. The molecule has 0 atom stereocenters. The van der Waals surface area contributed by atoms with Gasteiger partial charge in [-0.05, 0) is 44.0 Å². The van der Waals surface area contributed by atoms with Crippen molar-refractivity contribution in [2.45, 2.75) is 20.8 Å². The second-order valence-corrected chi connectivity index (χ2v) is 6.39. The molecule has 0 spiro atoms. The van der Waals surface area contributed by atoms with Crippen LogP contribution in [0.2, 0.25) is 0 Å². The molecular weight excluding hydrogens is 298 g/mol. The summed E-state index contributed by atoms with van der Waals surface area (Å²) >= 11 is 1.19. The third-order valence-electron chi connectivity index (χ3n) is 3.39. The van der Waals surface area contributed by atoms with Crippen LogP contribution in [0.5, 0.6) is 0 Å². The van der Waals surface area contributed by atoms with Gasteiger partial charge in [0, 0.05) is 19.7 Å². The number of carbonyl (C=O) groups is 2. The summed E-state index contributed by atoms with van der Waals surface area (Å²) in [7, 11) is 3.38. The van der Waals surface area contributed by atoms with Gasteiger partial charge in [0.1, 0.15) is 4.88 Å². The molecule has 6 heteroatoms. The smallest absolute Gasteiger partial charge is 0.265 e. The highest BCUT2D eigenvalue weighted by Crippen LogP contribution is 2.24. The second kappa shape index (κ2) is 6.27. The van der Waals surface area contributed by atoms with Crippen LogP contribution in [-0.2, 0) is 0 Å². The molecule has 116 valence electrons. The number of carbonyl (C=O) groups excluding carboxylic acids is 2. The molecule has 0 radical (unpaired) electrons. The van der Waals surface area contributed by atoms with E-state index in [1.54, 1.807) is 27.1 Å². The summed E-state index contributed by atoms with van der Waals surface area (Å²) in [5.74, 6) is -0.331. The molecule has 0 aliphatic heterocycles. The fraction of sp³-hybridized carbons (Fsp3) is 0.312. The van der Waals surface area contributed by atoms with E-state index in [0.717, 1.165) is 11.1 Å². The van der Waals surface area contributed by atoms with Gasteiger partial charge in [-0.25, -0.2) is 4.98 Å². The quantitative estimate of drug-likeness (QED) is 0.946. The lowest BCUT2D eigenvalue weighted by molar-refractivity contribution is 0.0831. The number of aromatic nitrogens is 1. The Bertz CT molecular complexity index is 735. The van der Waals surface area contributed by atoms with Gasteiger partial charge in [-0.15, -0.1) is 0 Å². The van der Waals surface area contributed by atoms with E-state index in [-0.39, 0.29) is 11.8 Å². The highest BCUT2D eigenvalue weighted by atomic mass is 32.1. The molecule has 1 aromatic heterocycles. The first-order chi connectivity index (χ1) is 10.3. The van der Waals surface area contributed by atoms with E-state index in [4.69, 9.17) is 0 Å². The van der Waals surface area contributed by atoms with E-state index in [1.807, 2.05) is 26.0 Å². The van der Waals surface area contributed by atoms with Crippen LogP contribution in [-0.4, -0.2) is 35.8 Å². The van der Waals surface area contributed by atoms with E-state index in [1.165, 1.54) is 16.2 Å². The minimum absolute atomic E-state index is 0.110. The molecule has 0 fully saturated rings. The van der Waals surface area contributed by atoms with Gasteiger partial charge in [-0.3, -0.25) is 14.9 Å². The molecular formula is C16H19N3O2S. The maximum atomic E-state index is 12.3. The molecule has 0 aliphatic rings. The normalized spacial score (nSPS) is 10.4. The van der Waals surface area contributed by atoms with Gasteiger partial charge in [0.25, 0.3) is 11.8 Å². The average Bonchev–Trinajstić information content (AvgIpc) is 2.81. The number of aryl methyl sites for hydroxylation is 3. The number of hydrogen-bond donors (Lipinski definition) is 1. The maximum absolute atomic E-state index is 12.3. The molecule has 1 aromatic carbocycles. The minimum Gasteiger partial charge on any atom is -0.344 e. The van der Waals surface area contributed by atoms with Crippen molar-refractivity contribution < 1.29 is 9.59 Å². The molecule has 1 N–H and O–H groups in total. The van der Waals surface area contributed by atoms with Crippen LogP contribution in [0.25, 0.3) is 0 Å². The lowest BCUT2D eigenvalue weighted by Gasteiger charge is -2.07. The van der Waals surface area contributed by atoms with Gasteiger partial charge in [0.05, 0.1) is 5.69 Å². The van der Waals surface area contributed by atoms with Crippen molar-refractivity contribution in [2.75, 3.05) is 19.4 Å². The van der Waals surface area contributed by atoms with Crippen molar-refractivity contribution in [2.24, 2.45) is 0 Å². The van der Waals surface area contributed by atoms with Crippen molar-refractivity contribution >= 4 is 28.3 Å². The molecule has 2 rings (SSSR count). The van der Waals surface area contributed by atoms with Crippen LogP contribution in [0.3, 0.4) is 0 Å². The Morgan fingerprint density at radius 2 is 1.82 bits per heavy atom. The molecule has 0 saturated carbocycles. The van der Waals surface area contributed by atoms with Gasteiger partial charge in [-0.1, -0.05) is 17.4 Å². The van der Waals surface area contributed by atoms with Gasteiger partial charge < -0.3 is 4.90 Å². The summed E-state index contributed by atoms with van der Waals surface area (Å²) in [5.41, 5.74) is 3.41. The van der Waals surface area contributed by atoms with Crippen molar-refractivity contribution in [3.63, 3.8) is 0 Å². The van der Waals surface area contributed by atoms with E-state index in [0.29, 0.717) is 21.3 Å². The molecule has 0 aliphatic carbocycles. The standard InChI is InChI=1S/C16H19N3O2S/c1-9-6-7-12(8-10(9)2)14(20)18-16-17-11(3)13(22-16)15(21)19(4)5/h6-8H,1-5H3,(H,17,18,20). The highest BCUT2D eigenvalue weighted by Gasteiger charge is 2.18. The molecule has 5 nitrogen and oxygen atoms in total. The Morgan fingerprint density at radius 1 is 1.14 bits per heavy atom. The third-order valence-corrected chi connectivity index (χ3v) is 4.45. The first-order valence-corrected chi connectivity index (χ1v) is 7.69. The molecule has 1 heterocycles. The first-order valence-electron chi connectivity index (χ1n) is 6.87. The molecule has 2 aromatic rings. The summed E-state index contributed by atoms with van der Waals surface area (Å²) in [6.45, 7) is 5.73. The lowest BCUT2D eigenvalue weighted by atomic mass is 10.1. The second-order valence-electron chi connectivity index (χ2n) is 5.39. The summed E-state index contributed by atoms with van der Waals surface area (Å²) in [4.78, 5) is 30.6. The van der Waals surface area contributed by atoms with Gasteiger partial charge >= 0.3 is 0 Å². The lowest BCUT2D eigenvalue weighted by Crippen LogP contribution is -2.21. The zero-order valence-electron chi connectivity index (χ0n) is 13.4. The number of nitrogens with one attached hydrogen (secondary N) is 1. The van der Waals surface area contributed by atoms with Crippen molar-refractivity contribution in [3.8, 4) is 0 Å². The minimum atomic E-state index is -0.222. The number of benzene rings is 1. The molecule has 22 heavy (non-hydrogen) atoms. The number of hydrogen-bond acceptors (Lipinski definition) is 4. The monoisotopic (exact) mass is 317 g/mol. The van der Waals surface area contributed by atoms with Crippen molar-refractivity contribution in [1.29, 1.82) is 0 Å². The molecule has 0 saturated heterocycles. The van der Waals surface area contributed by atoms with Crippen molar-refractivity contribution in [1.82, 2.24) is 9.88 Å². The van der Waals surface area contributed by atoms with E-state index in [2.05, 4.69) is 10.3 Å². The zero-order valence-corrected chi connectivity index (χ0v) is 14.2. The van der Waals surface area contributed by atoms with Crippen LogP contribution in [0, 0.1) is 20.8 Å². The molecule has 0 unspecified atom stereocenters. The summed E-state index contributed by atoms with van der Waals surface area (Å²) in [6.07, 6.45) is 0. The Kier molecular flexibility index (Phi) is 4.61. The number of thiazole rings is 1. The highest BCUT2D eigenvalue weighted by molar-refractivity contribution is 7.17. The SMILES string of the molecule is Cc1ccc(C(=O)Nc2nc(C)c(C(=O)N(C)C)s2)cc1C. The van der Waals surface area contributed by atoms with E-state index < -0.39 is 0 Å². The summed E-state index contributed by atoms with van der Waals surface area (Å²) in [5, 5.41) is 3.19. The summed E-state index contributed by atoms with van der Waals surface area (Å²) < 4.78 is 0. The number of anilines is 1. The van der Waals surface area contributed by atoms with Gasteiger partial charge in [0.2, 0.25) is 0 Å². The Hall–Kier alpha value is -2.21. The average molecular weight is 317 g/mol. The van der Waals surface area contributed by atoms with Crippen LogP contribution in [0.1, 0.15) is 36.9 Å². The molecule has 0 bridgehead atoms. The van der Waals surface area contributed by atoms with Gasteiger partial charge in [0.15, 0.2) is 5.13 Å². The van der Waals surface area contributed by atoms with Crippen LogP contribution >= 0.6 is 11.3 Å². The Labute approximate surface area is 134 Å². The fourth-order valence-electron chi connectivity index (χ4n) is 1.90. The molecule has 2 amide bonds. The Balaban J connectivity index is 2.20. The predicted molar refractivity (Wildman–Crippen MR) is 88.7 cm³/mol. The van der Waals surface area contributed by atoms with Gasteiger partial charge in [-0.2, -0.15) is 0 Å². The zero-order chi connectivity index (χ0) is 16.4. The number of nitrogens with zero attached hydrogens (tertiary/aromatic N) is 2. The van der Waals surface area contributed by atoms with Crippen LogP contribution in [0.4, 0.5) is 5.13 Å². The van der Waals surface area contributed by atoms with Crippen molar-refractivity contribution in [3.05, 3.63) is 45.5 Å². The maximum Gasteiger partial charge on any atom is 0.265 e. The van der Waals surface area contributed by atoms with E-state index >= 15 is 0 Å². The third kappa shape index (κ3) is 3.33. The number of amides is 2. The number of rotatable bonds is 3. The first kappa shape index (κ1) is 16.2.